The highest BCUT2D eigenvalue weighted by Crippen LogP contribution is 2.01. The summed E-state index contributed by atoms with van der Waals surface area (Å²) in [5.74, 6) is 0. The summed E-state index contributed by atoms with van der Waals surface area (Å²) in [5.41, 5.74) is 0. The second kappa shape index (κ2) is 10.0. The highest BCUT2D eigenvalue weighted by atomic mass is 16.5. The summed E-state index contributed by atoms with van der Waals surface area (Å²) in [6.45, 7) is 5.73. The summed E-state index contributed by atoms with van der Waals surface area (Å²) in [6, 6.07) is 0.732. The average molecular weight is 230 g/mol. The van der Waals surface area contributed by atoms with Gasteiger partial charge in [-0.15, -0.1) is 0 Å². The maximum Gasteiger partial charge on any atom is 0.0700 e. The lowest BCUT2D eigenvalue weighted by atomic mass is 10.1. The lowest BCUT2D eigenvalue weighted by Gasteiger charge is -2.23. The second-order valence-corrected chi connectivity index (χ2v) is 4.29. The van der Waals surface area contributed by atoms with E-state index in [1.165, 1.54) is 19.3 Å². The van der Waals surface area contributed by atoms with Gasteiger partial charge in [0.15, 0.2) is 0 Å². The lowest BCUT2D eigenvalue weighted by Crippen LogP contribution is -2.40. The quantitative estimate of drug-likeness (QED) is 0.574. The maximum absolute atomic E-state index is 5.40. The summed E-state index contributed by atoms with van der Waals surface area (Å²) < 4.78 is 10.3. The van der Waals surface area contributed by atoms with Gasteiger partial charge in [-0.2, -0.15) is 0 Å². The molecule has 4 heteroatoms. The summed E-state index contributed by atoms with van der Waals surface area (Å²) in [6.07, 6.45) is 4.88. The predicted molar refractivity (Wildman–Crippen MR) is 65.8 cm³/mol. The smallest absolute Gasteiger partial charge is 0.0700 e. The first-order chi connectivity index (χ1) is 7.93. The zero-order chi connectivity index (χ0) is 11.5. The first-order valence-electron chi connectivity index (χ1n) is 6.44. The highest BCUT2D eigenvalue weighted by Gasteiger charge is 2.10. The van der Waals surface area contributed by atoms with Gasteiger partial charge in [-0.3, -0.25) is 0 Å². The van der Waals surface area contributed by atoms with E-state index in [4.69, 9.17) is 9.47 Å². The van der Waals surface area contributed by atoms with Crippen LogP contribution in [0.3, 0.4) is 0 Å². The Hall–Kier alpha value is -0.160. The number of piperidine rings is 1. The Morgan fingerprint density at radius 3 is 2.69 bits per heavy atom. The molecule has 1 rings (SSSR count). The SMILES string of the molecule is COCCOCCCCNC1CCNCC1. The van der Waals surface area contributed by atoms with Gasteiger partial charge in [0.2, 0.25) is 0 Å². The van der Waals surface area contributed by atoms with E-state index in [0.717, 1.165) is 45.3 Å². The standard InChI is InChI=1S/C12H26N2O2/c1-15-10-11-16-9-3-2-6-14-12-4-7-13-8-5-12/h12-14H,2-11H2,1H3. The van der Waals surface area contributed by atoms with Crippen LogP contribution < -0.4 is 10.6 Å². The van der Waals surface area contributed by atoms with Gasteiger partial charge in [0.1, 0.15) is 0 Å². The molecule has 0 aromatic carbocycles. The van der Waals surface area contributed by atoms with E-state index >= 15 is 0 Å². The molecule has 0 unspecified atom stereocenters. The molecule has 0 aromatic rings. The van der Waals surface area contributed by atoms with E-state index in [-0.39, 0.29) is 0 Å². The van der Waals surface area contributed by atoms with Crippen LogP contribution in [-0.4, -0.2) is 52.6 Å². The molecule has 2 N–H and O–H groups in total. The minimum atomic E-state index is 0.702. The van der Waals surface area contributed by atoms with Crippen LogP contribution in [0.15, 0.2) is 0 Å². The zero-order valence-corrected chi connectivity index (χ0v) is 10.5. The van der Waals surface area contributed by atoms with Crippen molar-refractivity contribution < 1.29 is 9.47 Å². The number of ether oxygens (including phenoxy) is 2. The van der Waals surface area contributed by atoms with E-state index in [1.807, 2.05) is 0 Å². The van der Waals surface area contributed by atoms with Crippen molar-refractivity contribution in [1.29, 1.82) is 0 Å². The van der Waals surface area contributed by atoms with Gasteiger partial charge in [-0.25, -0.2) is 0 Å². The molecule has 0 aromatic heterocycles. The van der Waals surface area contributed by atoms with Gasteiger partial charge in [0, 0.05) is 19.8 Å². The van der Waals surface area contributed by atoms with E-state index in [9.17, 15) is 0 Å². The third kappa shape index (κ3) is 7.17. The Bertz CT molecular complexity index is 150. The molecule has 16 heavy (non-hydrogen) atoms. The monoisotopic (exact) mass is 230 g/mol. The van der Waals surface area contributed by atoms with Crippen molar-refractivity contribution in [2.45, 2.75) is 31.7 Å². The average Bonchev–Trinajstić information content (AvgIpc) is 2.34. The van der Waals surface area contributed by atoms with Crippen LogP contribution in [0, 0.1) is 0 Å². The minimum absolute atomic E-state index is 0.702. The van der Waals surface area contributed by atoms with Crippen LogP contribution in [0.4, 0.5) is 0 Å². The van der Waals surface area contributed by atoms with E-state index in [0.29, 0.717) is 6.61 Å². The molecule has 0 amide bonds. The van der Waals surface area contributed by atoms with Crippen molar-refractivity contribution in [3.05, 3.63) is 0 Å². The molecule has 1 saturated heterocycles. The third-order valence-electron chi connectivity index (χ3n) is 2.92. The molecular weight excluding hydrogens is 204 g/mol. The van der Waals surface area contributed by atoms with Crippen molar-refractivity contribution in [3.63, 3.8) is 0 Å². The minimum Gasteiger partial charge on any atom is -0.382 e. The van der Waals surface area contributed by atoms with Crippen LogP contribution in [0.5, 0.6) is 0 Å². The summed E-state index contributed by atoms with van der Waals surface area (Å²) in [5, 5.41) is 6.98. The van der Waals surface area contributed by atoms with Crippen LogP contribution in [-0.2, 0) is 9.47 Å². The Balaban J connectivity index is 1.77. The summed E-state index contributed by atoms with van der Waals surface area (Å²) in [7, 11) is 1.70. The molecule has 0 atom stereocenters. The molecule has 1 fully saturated rings. The second-order valence-electron chi connectivity index (χ2n) is 4.29. The van der Waals surface area contributed by atoms with Crippen LogP contribution >= 0.6 is 0 Å². The van der Waals surface area contributed by atoms with Crippen LogP contribution in [0.25, 0.3) is 0 Å². The number of hydrogen-bond acceptors (Lipinski definition) is 4. The number of nitrogens with one attached hydrogen (secondary N) is 2. The maximum atomic E-state index is 5.40. The fraction of sp³-hybridized carbons (Fsp3) is 1.00. The number of rotatable bonds is 9. The number of methoxy groups -OCH3 is 1. The van der Waals surface area contributed by atoms with Gasteiger partial charge in [0.25, 0.3) is 0 Å². The molecular formula is C12H26N2O2. The topological polar surface area (TPSA) is 42.5 Å². The Morgan fingerprint density at radius 1 is 1.12 bits per heavy atom. The van der Waals surface area contributed by atoms with E-state index in [2.05, 4.69) is 10.6 Å². The molecule has 0 saturated carbocycles. The largest absolute Gasteiger partial charge is 0.382 e. The number of unbranched alkanes of at least 4 members (excludes halogenated alkanes) is 1. The highest BCUT2D eigenvalue weighted by molar-refractivity contribution is 4.73. The lowest BCUT2D eigenvalue weighted by molar-refractivity contribution is 0.0687. The fourth-order valence-electron chi connectivity index (χ4n) is 1.91. The Labute approximate surface area is 99.1 Å². The number of hydrogen-bond donors (Lipinski definition) is 2. The summed E-state index contributed by atoms with van der Waals surface area (Å²) in [4.78, 5) is 0. The van der Waals surface area contributed by atoms with Crippen molar-refractivity contribution >= 4 is 0 Å². The molecule has 0 aliphatic carbocycles. The molecule has 0 spiro atoms. The van der Waals surface area contributed by atoms with Crippen LogP contribution in [0.1, 0.15) is 25.7 Å². The van der Waals surface area contributed by atoms with E-state index < -0.39 is 0 Å². The predicted octanol–water partition coefficient (Wildman–Crippen LogP) is 0.771. The molecule has 96 valence electrons. The molecule has 4 nitrogen and oxygen atoms in total. The van der Waals surface area contributed by atoms with Crippen molar-refractivity contribution in [2.75, 3.05) is 46.6 Å². The molecule has 1 heterocycles. The Kier molecular flexibility index (Phi) is 8.71. The fourth-order valence-corrected chi connectivity index (χ4v) is 1.91. The molecule has 1 aliphatic rings. The molecule has 1 aliphatic heterocycles. The van der Waals surface area contributed by atoms with Gasteiger partial charge in [-0.05, 0) is 45.3 Å². The summed E-state index contributed by atoms with van der Waals surface area (Å²) >= 11 is 0. The van der Waals surface area contributed by atoms with Gasteiger partial charge in [0.05, 0.1) is 13.2 Å². The van der Waals surface area contributed by atoms with Crippen molar-refractivity contribution in [3.8, 4) is 0 Å². The molecule has 0 bridgehead atoms. The Morgan fingerprint density at radius 2 is 1.94 bits per heavy atom. The van der Waals surface area contributed by atoms with E-state index in [1.54, 1.807) is 7.11 Å². The zero-order valence-electron chi connectivity index (χ0n) is 10.5. The van der Waals surface area contributed by atoms with Crippen LogP contribution in [0.2, 0.25) is 0 Å². The normalized spacial score (nSPS) is 17.8. The van der Waals surface area contributed by atoms with Gasteiger partial charge < -0.3 is 20.1 Å². The van der Waals surface area contributed by atoms with Gasteiger partial charge >= 0.3 is 0 Å². The van der Waals surface area contributed by atoms with Gasteiger partial charge in [-0.1, -0.05) is 0 Å². The first-order valence-corrected chi connectivity index (χ1v) is 6.44. The van der Waals surface area contributed by atoms with Crippen molar-refractivity contribution in [1.82, 2.24) is 10.6 Å². The third-order valence-corrected chi connectivity index (χ3v) is 2.92. The van der Waals surface area contributed by atoms with Crippen molar-refractivity contribution in [2.24, 2.45) is 0 Å². The molecule has 0 radical (unpaired) electrons. The first kappa shape index (κ1) is 13.9.